The van der Waals surface area contributed by atoms with Gasteiger partial charge in [-0.15, -0.1) is 0 Å². The SMILES string of the molecule is Cc1cc(Br)ccc1NC(=O)CN(C)C(=O)COc1cccc([N+](=O)[O-])c1. The first kappa shape index (κ1) is 20.4. The minimum absolute atomic E-state index is 0.127. The number of ether oxygens (including phenoxy) is 1. The van der Waals surface area contributed by atoms with E-state index >= 15 is 0 Å². The quantitative estimate of drug-likeness (QED) is 0.531. The lowest BCUT2D eigenvalue weighted by Crippen LogP contribution is -2.37. The molecule has 0 aromatic heterocycles. The number of hydrogen-bond donors (Lipinski definition) is 1. The highest BCUT2D eigenvalue weighted by molar-refractivity contribution is 9.10. The highest BCUT2D eigenvalue weighted by atomic mass is 79.9. The third-order valence-electron chi connectivity index (χ3n) is 3.66. The Balaban J connectivity index is 1.86. The molecule has 9 heteroatoms. The largest absolute Gasteiger partial charge is 0.484 e. The molecule has 1 N–H and O–H groups in total. The molecule has 2 amide bonds. The summed E-state index contributed by atoms with van der Waals surface area (Å²) in [6.07, 6.45) is 0. The van der Waals surface area contributed by atoms with Gasteiger partial charge in [0.05, 0.1) is 17.5 Å². The fourth-order valence-electron chi connectivity index (χ4n) is 2.20. The minimum Gasteiger partial charge on any atom is -0.484 e. The molecule has 0 heterocycles. The van der Waals surface area contributed by atoms with Crippen LogP contribution >= 0.6 is 15.9 Å². The molecule has 0 radical (unpaired) electrons. The number of nitro benzene ring substituents is 1. The number of nitro groups is 1. The molecule has 0 fully saturated rings. The first-order chi connectivity index (χ1) is 12.8. The summed E-state index contributed by atoms with van der Waals surface area (Å²) >= 11 is 3.35. The third-order valence-corrected chi connectivity index (χ3v) is 4.15. The first-order valence-electron chi connectivity index (χ1n) is 7.93. The second kappa shape index (κ2) is 9.13. The predicted octanol–water partition coefficient (Wildman–Crippen LogP) is 3.14. The maximum absolute atomic E-state index is 12.1. The smallest absolute Gasteiger partial charge is 0.273 e. The molecule has 0 aliphatic rings. The standard InChI is InChI=1S/C18H18BrN3O5/c1-12-8-13(19)6-7-16(12)20-17(23)10-21(2)18(24)11-27-15-5-3-4-14(9-15)22(25)26/h3-9H,10-11H2,1-2H3,(H,20,23). The van der Waals surface area contributed by atoms with Crippen LogP contribution in [0.4, 0.5) is 11.4 Å². The van der Waals surface area contributed by atoms with Gasteiger partial charge in [-0.3, -0.25) is 19.7 Å². The summed E-state index contributed by atoms with van der Waals surface area (Å²) in [6.45, 7) is 1.39. The molecule has 8 nitrogen and oxygen atoms in total. The van der Waals surface area contributed by atoms with Gasteiger partial charge in [0.1, 0.15) is 5.75 Å². The lowest BCUT2D eigenvalue weighted by molar-refractivity contribution is -0.384. The summed E-state index contributed by atoms with van der Waals surface area (Å²) in [5.41, 5.74) is 1.43. The van der Waals surface area contributed by atoms with E-state index in [0.29, 0.717) is 5.69 Å². The lowest BCUT2D eigenvalue weighted by atomic mass is 10.2. The monoisotopic (exact) mass is 435 g/mol. The van der Waals surface area contributed by atoms with Crippen molar-refractivity contribution in [3.63, 3.8) is 0 Å². The average molecular weight is 436 g/mol. The number of likely N-dealkylation sites (N-methyl/N-ethyl adjacent to an activating group) is 1. The summed E-state index contributed by atoms with van der Waals surface area (Å²) < 4.78 is 6.19. The van der Waals surface area contributed by atoms with Crippen molar-refractivity contribution in [2.75, 3.05) is 25.5 Å². The van der Waals surface area contributed by atoms with Gasteiger partial charge in [-0.1, -0.05) is 22.0 Å². The van der Waals surface area contributed by atoms with E-state index in [0.717, 1.165) is 10.0 Å². The lowest BCUT2D eigenvalue weighted by Gasteiger charge is -2.17. The number of anilines is 1. The number of rotatable bonds is 7. The van der Waals surface area contributed by atoms with Crippen molar-refractivity contribution in [1.82, 2.24) is 4.90 Å². The number of non-ortho nitro benzene ring substituents is 1. The van der Waals surface area contributed by atoms with Gasteiger partial charge in [0.15, 0.2) is 6.61 Å². The zero-order valence-electron chi connectivity index (χ0n) is 14.8. The van der Waals surface area contributed by atoms with E-state index in [1.165, 1.54) is 36.2 Å². The van der Waals surface area contributed by atoms with Crippen LogP contribution in [0.5, 0.6) is 5.75 Å². The predicted molar refractivity (Wildman–Crippen MR) is 104 cm³/mol. The number of carbonyl (C=O) groups is 2. The normalized spacial score (nSPS) is 10.2. The van der Waals surface area contributed by atoms with Crippen molar-refractivity contribution in [1.29, 1.82) is 0 Å². The minimum atomic E-state index is -0.546. The third kappa shape index (κ3) is 6.07. The summed E-state index contributed by atoms with van der Waals surface area (Å²) in [7, 11) is 1.48. The molecule has 0 saturated heterocycles. The number of nitrogens with zero attached hydrogens (tertiary/aromatic N) is 2. The summed E-state index contributed by atoms with van der Waals surface area (Å²) in [5.74, 6) is -0.559. The molecular weight excluding hydrogens is 418 g/mol. The molecule has 2 rings (SSSR count). The van der Waals surface area contributed by atoms with Gasteiger partial charge < -0.3 is 15.0 Å². The Morgan fingerprint density at radius 1 is 1.26 bits per heavy atom. The van der Waals surface area contributed by atoms with Crippen molar-refractivity contribution < 1.29 is 19.2 Å². The fourth-order valence-corrected chi connectivity index (χ4v) is 2.68. The fraction of sp³-hybridized carbons (Fsp3) is 0.222. The molecule has 0 spiro atoms. The van der Waals surface area contributed by atoms with Gasteiger partial charge in [0.2, 0.25) is 5.91 Å². The van der Waals surface area contributed by atoms with E-state index in [-0.39, 0.29) is 30.5 Å². The van der Waals surface area contributed by atoms with E-state index in [4.69, 9.17) is 4.74 Å². The van der Waals surface area contributed by atoms with Gasteiger partial charge >= 0.3 is 0 Å². The number of benzene rings is 2. The van der Waals surface area contributed by atoms with Crippen LogP contribution in [0.15, 0.2) is 46.9 Å². The van der Waals surface area contributed by atoms with E-state index in [1.54, 1.807) is 6.07 Å². The Morgan fingerprint density at radius 2 is 2.00 bits per heavy atom. The van der Waals surface area contributed by atoms with E-state index in [2.05, 4.69) is 21.2 Å². The summed E-state index contributed by atoms with van der Waals surface area (Å²) in [5, 5.41) is 13.5. The van der Waals surface area contributed by atoms with Crippen LogP contribution in [0.3, 0.4) is 0 Å². The molecular formula is C18H18BrN3O5. The van der Waals surface area contributed by atoms with Crippen molar-refractivity contribution in [2.24, 2.45) is 0 Å². The van der Waals surface area contributed by atoms with Gasteiger partial charge in [-0.2, -0.15) is 0 Å². The average Bonchev–Trinajstić information content (AvgIpc) is 2.62. The highest BCUT2D eigenvalue weighted by Crippen LogP contribution is 2.20. The molecule has 2 aromatic rings. The van der Waals surface area contributed by atoms with Gasteiger partial charge in [-0.05, 0) is 36.8 Å². The van der Waals surface area contributed by atoms with Crippen LogP contribution < -0.4 is 10.1 Å². The summed E-state index contributed by atoms with van der Waals surface area (Å²) in [4.78, 5) is 35.7. The van der Waals surface area contributed by atoms with E-state index in [1.807, 2.05) is 19.1 Å². The van der Waals surface area contributed by atoms with Crippen molar-refractivity contribution in [3.8, 4) is 5.75 Å². The Labute approximate surface area is 164 Å². The Hall–Kier alpha value is -2.94. The molecule has 142 valence electrons. The second-order valence-electron chi connectivity index (χ2n) is 5.80. The van der Waals surface area contributed by atoms with Crippen LogP contribution in [-0.4, -0.2) is 41.8 Å². The maximum Gasteiger partial charge on any atom is 0.273 e. The van der Waals surface area contributed by atoms with Crippen molar-refractivity contribution >= 4 is 39.1 Å². The van der Waals surface area contributed by atoms with Gasteiger partial charge in [0.25, 0.3) is 11.6 Å². The van der Waals surface area contributed by atoms with Crippen LogP contribution in [0, 0.1) is 17.0 Å². The number of carbonyl (C=O) groups excluding carboxylic acids is 2. The van der Waals surface area contributed by atoms with Gasteiger partial charge in [0, 0.05) is 23.3 Å². The highest BCUT2D eigenvalue weighted by Gasteiger charge is 2.15. The Bertz CT molecular complexity index is 872. The molecule has 0 unspecified atom stereocenters. The number of amides is 2. The topological polar surface area (TPSA) is 102 Å². The second-order valence-corrected chi connectivity index (χ2v) is 6.72. The Kier molecular flexibility index (Phi) is 6.89. The molecule has 27 heavy (non-hydrogen) atoms. The number of nitrogens with one attached hydrogen (secondary N) is 1. The van der Waals surface area contributed by atoms with Crippen LogP contribution in [-0.2, 0) is 9.59 Å². The van der Waals surface area contributed by atoms with E-state index in [9.17, 15) is 19.7 Å². The molecule has 0 aliphatic heterocycles. The zero-order chi connectivity index (χ0) is 20.0. The maximum atomic E-state index is 12.1. The van der Waals surface area contributed by atoms with Crippen LogP contribution in [0.2, 0.25) is 0 Å². The van der Waals surface area contributed by atoms with Crippen molar-refractivity contribution in [3.05, 3.63) is 62.6 Å². The van der Waals surface area contributed by atoms with Crippen LogP contribution in [0.25, 0.3) is 0 Å². The molecule has 0 saturated carbocycles. The van der Waals surface area contributed by atoms with Crippen molar-refractivity contribution in [2.45, 2.75) is 6.92 Å². The van der Waals surface area contributed by atoms with Gasteiger partial charge in [-0.25, -0.2) is 0 Å². The molecule has 0 aliphatic carbocycles. The summed E-state index contributed by atoms with van der Waals surface area (Å²) in [6, 6.07) is 11.0. The number of aryl methyl sites for hydroxylation is 1. The van der Waals surface area contributed by atoms with E-state index < -0.39 is 10.8 Å². The zero-order valence-corrected chi connectivity index (χ0v) is 16.4. The first-order valence-corrected chi connectivity index (χ1v) is 8.73. The molecule has 0 bridgehead atoms. The molecule has 2 aromatic carbocycles. The Morgan fingerprint density at radius 3 is 2.67 bits per heavy atom. The van der Waals surface area contributed by atoms with Crippen LogP contribution in [0.1, 0.15) is 5.56 Å². The number of halogens is 1. The number of hydrogen-bond acceptors (Lipinski definition) is 5. The molecule has 0 atom stereocenters.